The largest absolute Gasteiger partial charge is 0.416 e. The molecule has 1 heterocycles. The number of nitrogens with zero attached hydrogens (tertiary/aromatic N) is 1. The molecule has 0 radical (unpaired) electrons. The van der Waals surface area contributed by atoms with Crippen molar-refractivity contribution >= 4 is 33.1 Å². The molecule has 1 aliphatic heterocycles. The third-order valence-electron chi connectivity index (χ3n) is 5.44. The molecule has 0 aromatic heterocycles. The summed E-state index contributed by atoms with van der Waals surface area (Å²) in [5.74, 6) is 0. The lowest BCUT2D eigenvalue weighted by Crippen LogP contribution is -2.29. The number of amides is 2. The number of ether oxygens (including phenoxy) is 1. The molecule has 0 unspecified atom stereocenters. The first kappa shape index (κ1) is 24.3. The van der Waals surface area contributed by atoms with Gasteiger partial charge in [0.05, 0.1) is 28.4 Å². The van der Waals surface area contributed by atoms with Gasteiger partial charge in [-0.25, -0.2) is 17.9 Å². The van der Waals surface area contributed by atoms with Crippen molar-refractivity contribution in [3.63, 3.8) is 0 Å². The van der Waals surface area contributed by atoms with Crippen LogP contribution in [0.5, 0.6) is 0 Å². The van der Waals surface area contributed by atoms with Crippen molar-refractivity contribution in [1.29, 1.82) is 0 Å². The highest BCUT2D eigenvalue weighted by Gasteiger charge is 2.31. The topological polar surface area (TPSA) is 99.8 Å². The lowest BCUT2D eigenvalue weighted by Gasteiger charge is -2.25. The van der Waals surface area contributed by atoms with E-state index in [1.807, 2.05) is 4.90 Å². The first-order valence-corrected chi connectivity index (χ1v) is 12.3. The van der Waals surface area contributed by atoms with Crippen molar-refractivity contribution in [2.75, 3.05) is 41.8 Å². The highest BCUT2D eigenvalue weighted by Crippen LogP contribution is 2.32. The highest BCUT2D eigenvalue weighted by atomic mass is 32.2. The number of alkyl halides is 3. The van der Waals surface area contributed by atoms with E-state index >= 15 is 0 Å². The fourth-order valence-corrected chi connectivity index (χ4v) is 4.92. The van der Waals surface area contributed by atoms with Gasteiger partial charge < -0.3 is 20.3 Å². The van der Waals surface area contributed by atoms with Gasteiger partial charge in [0.1, 0.15) is 0 Å². The molecule has 184 valence electrons. The van der Waals surface area contributed by atoms with Crippen LogP contribution in [0.2, 0.25) is 0 Å². The molecule has 2 aromatic rings. The molecular formula is C22H25F3N4O4S. The van der Waals surface area contributed by atoms with E-state index in [0.717, 1.165) is 31.4 Å². The molecule has 1 saturated heterocycles. The molecule has 1 aliphatic carbocycles. The number of sulfonamides is 1. The van der Waals surface area contributed by atoms with E-state index in [2.05, 4.69) is 15.4 Å². The molecule has 34 heavy (non-hydrogen) atoms. The third kappa shape index (κ3) is 6.19. The Bertz CT molecular complexity index is 1150. The Morgan fingerprint density at radius 3 is 2.56 bits per heavy atom. The first-order chi connectivity index (χ1) is 16.1. The highest BCUT2D eigenvalue weighted by molar-refractivity contribution is 7.89. The van der Waals surface area contributed by atoms with E-state index in [1.54, 1.807) is 6.07 Å². The van der Waals surface area contributed by atoms with Gasteiger partial charge in [-0.2, -0.15) is 13.2 Å². The van der Waals surface area contributed by atoms with Gasteiger partial charge in [0.2, 0.25) is 10.0 Å². The molecule has 12 heteroatoms. The Morgan fingerprint density at radius 1 is 1.03 bits per heavy atom. The molecule has 0 atom stereocenters. The second-order valence-electron chi connectivity index (χ2n) is 8.19. The second kappa shape index (κ2) is 9.80. The van der Waals surface area contributed by atoms with E-state index in [9.17, 15) is 26.4 Å². The molecule has 3 N–H and O–H groups in total. The second-order valence-corrected chi connectivity index (χ2v) is 9.90. The van der Waals surface area contributed by atoms with Crippen LogP contribution < -0.4 is 20.3 Å². The Kier molecular flexibility index (Phi) is 7.01. The molecule has 2 aliphatic rings. The van der Waals surface area contributed by atoms with E-state index in [4.69, 9.17) is 4.74 Å². The zero-order valence-electron chi connectivity index (χ0n) is 18.2. The Labute approximate surface area is 195 Å². The number of rotatable bonds is 6. The van der Waals surface area contributed by atoms with E-state index < -0.39 is 27.8 Å². The number of anilines is 3. The van der Waals surface area contributed by atoms with Crippen molar-refractivity contribution in [3.8, 4) is 0 Å². The Hall–Kier alpha value is -2.83. The number of benzene rings is 2. The van der Waals surface area contributed by atoms with Gasteiger partial charge in [-0.15, -0.1) is 0 Å². The molecule has 4 rings (SSSR count). The van der Waals surface area contributed by atoms with Gasteiger partial charge in [0.25, 0.3) is 0 Å². The minimum atomic E-state index is -4.55. The summed E-state index contributed by atoms with van der Waals surface area (Å²) in [5.41, 5.74) is -0.119. The summed E-state index contributed by atoms with van der Waals surface area (Å²) in [4.78, 5) is 14.6. The maximum Gasteiger partial charge on any atom is 0.416 e. The number of carbonyl (C=O) groups excluding carboxylic acids is 1. The normalized spacial score (nSPS) is 17.2. The lowest BCUT2D eigenvalue weighted by molar-refractivity contribution is -0.137. The van der Waals surface area contributed by atoms with Crippen molar-refractivity contribution < 1.29 is 31.1 Å². The molecule has 0 bridgehead atoms. The minimum Gasteiger partial charge on any atom is -0.380 e. The zero-order valence-corrected chi connectivity index (χ0v) is 19.0. The summed E-state index contributed by atoms with van der Waals surface area (Å²) < 4.78 is 72.5. The van der Waals surface area contributed by atoms with Crippen LogP contribution in [0.1, 0.15) is 24.8 Å². The average Bonchev–Trinajstić information content (AvgIpc) is 3.60. The number of hydrogen-bond donors (Lipinski definition) is 3. The van der Waals surface area contributed by atoms with Gasteiger partial charge >= 0.3 is 12.2 Å². The minimum absolute atomic E-state index is 0.0106. The summed E-state index contributed by atoms with van der Waals surface area (Å²) in [6.45, 7) is 2.24. The maximum atomic E-state index is 13.0. The Morgan fingerprint density at radius 2 is 1.82 bits per heavy atom. The van der Waals surface area contributed by atoms with Crippen LogP contribution in [-0.4, -0.2) is 46.8 Å². The van der Waals surface area contributed by atoms with Crippen LogP contribution in [0.4, 0.5) is 35.0 Å². The standard InChI is InChI=1S/C22H25F3N4O4S/c23-22(24,25)15-3-1-4-17(13-15)26-21(30)27-19-14-18(34(31,32)28-16-5-6-16)7-8-20(19)29-9-2-11-33-12-10-29/h1,3-4,7-8,13-14,16,28H,2,5-6,9-12H2,(H2,26,27,30). The summed E-state index contributed by atoms with van der Waals surface area (Å²) in [6.07, 6.45) is -2.25. The number of carbonyl (C=O) groups is 1. The predicted molar refractivity (Wildman–Crippen MR) is 122 cm³/mol. The van der Waals surface area contributed by atoms with Gasteiger partial charge in [0.15, 0.2) is 0 Å². The zero-order chi connectivity index (χ0) is 24.3. The van der Waals surface area contributed by atoms with E-state index in [1.165, 1.54) is 24.3 Å². The number of urea groups is 1. The van der Waals surface area contributed by atoms with Gasteiger partial charge in [-0.3, -0.25) is 0 Å². The van der Waals surface area contributed by atoms with Crippen molar-refractivity contribution in [2.24, 2.45) is 0 Å². The SMILES string of the molecule is O=C(Nc1cccc(C(F)(F)F)c1)Nc1cc(S(=O)(=O)NC2CC2)ccc1N1CCCOCC1. The molecule has 8 nitrogen and oxygen atoms in total. The maximum absolute atomic E-state index is 13.0. The number of nitrogens with one attached hydrogen (secondary N) is 3. The number of halogens is 3. The molecule has 1 saturated carbocycles. The molecule has 2 fully saturated rings. The van der Waals surface area contributed by atoms with Crippen molar-refractivity contribution in [2.45, 2.75) is 36.4 Å². The molecule has 2 amide bonds. The predicted octanol–water partition coefficient (Wildman–Crippen LogP) is 4.02. The van der Waals surface area contributed by atoms with Crippen LogP contribution in [-0.2, 0) is 20.9 Å². The van der Waals surface area contributed by atoms with Crippen LogP contribution in [0.15, 0.2) is 47.4 Å². The fourth-order valence-electron chi connectivity index (χ4n) is 3.59. The average molecular weight is 499 g/mol. The van der Waals surface area contributed by atoms with Crippen LogP contribution in [0.25, 0.3) is 0 Å². The van der Waals surface area contributed by atoms with Crippen molar-refractivity contribution in [1.82, 2.24) is 4.72 Å². The third-order valence-corrected chi connectivity index (χ3v) is 6.95. The first-order valence-electron chi connectivity index (χ1n) is 10.9. The Balaban J connectivity index is 1.59. The van der Waals surface area contributed by atoms with Gasteiger partial charge in [-0.1, -0.05) is 6.07 Å². The monoisotopic (exact) mass is 498 g/mol. The summed E-state index contributed by atoms with van der Waals surface area (Å²) in [7, 11) is -3.78. The summed E-state index contributed by atoms with van der Waals surface area (Å²) in [6, 6.07) is 7.83. The van der Waals surface area contributed by atoms with Gasteiger partial charge in [0, 0.05) is 31.4 Å². The van der Waals surface area contributed by atoms with E-state index in [-0.39, 0.29) is 22.3 Å². The summed E-state index contributed by atoms with van der Waals surface area (Å²) >= 11 is 0. The summed E-state index contributed by atoms with van der Waals surface area (Å²) in [5, 5.41) is 5.00. The van der Waals surface area contributed by atoms with E-state index in [0.29, 0.717) is 32.0 Å². The molecular weight excluding hydrogens is 473 g/mol. The number of hydrogen-bond acceptors (Lipinski definition) is 5. The quantitative estimate of drug-likeness (QED) is 0.559. The fraction of sp³-hybridized carbons (Fsp3) is 0.409. The van der Waals surface area contributed by atoms with Crippen LogP contribution >= 0.6 is 0 Å². The van der Waals surface area contributed by atoms with Crippen LogP contribution in [0.3, 0.4) is 0 Å². The molecule has 0 spiro atoms. The molecule has 2 aromatic carbocycles. The van der Waals surface area contributed by atoms with Gasteiger partial charge in [-0.05, 0) is 55.7 Å². The smallest absolute Gasteiger partial charge is 0.380 e. The van der Waals surface area contributed by atoms with Crippen molar-refractivity contribution in [3.05, 3.63) is 48.0 Å². The lowest BCUT2D eigenvalue weighted by atomic mass is 10.2. The van der Waals surface area contributed by atoms with Crippen LogP contribution in [0, 0.1) is 0 Å².